The molecule has 0 aliphatic carbocycles. The molecular formula is C24H27N3O3. The maximum atomic E-state index is 12.6. The Kier molecular flexibility index (Phi) is 6.02. The van der Waals surface area contributed by atoms with E-state index in [9.17, 15) is 9.59 Å². The lowest BCUT2D eigenvalue weighted by Crippen LogP contribution is -2.48. The second kappa shape index (κ2) is 9.03. The van der Waals surface area contributed by atoms with E-state index < -0.39 is 0 Å². The van der Waals surface area contributed by atoms with E-state index in [1.54, 1.807) is 13.2 Å². The number of para-hydroxylation sites is 2. The molecule has 2 saturated heterocycles. The summed E-state index contributed by atoms with van der Waals surface area (Å²) in [6.07, 6.45) is 5.01. The molecule has 156 valence electrons. The Labute approximate surface area is 177 Å². The molecule has 6 nitrogen and oxygen atoms in total. The van der Waals surface area contributed by atoms with Crippen molar-refractivity contribution in [1.29, 1.82) is 0 Å². The third kappa shape index (κ3) is 4.32. The summed E-state index contributed by atoms with van der Waals surface area (Å²) in [4.78, 5) is 30.4. The quantitative estimate of drug-likeness (QED) is 0.717. The van der Waals surface area contributed by atoms with Gasteiger partial charge in [0.25, 0.3) is 0 Å². The van der Waals surface area contributed by atoms with Gasteiger partial charge < -0.3 is 19.4 Å². The summed E-state index contributed by atoms with van der Waals surface area (Å²) >= 11 is 0. The maximum Gasteiger partial charge on any atom is 0.246 e. The summed E-state index contributed by atoms with van der Waals surface area (Å²) in [5.74, 6) is 1.06. The van der Waals surface area contributed by atoms with Gasteiger partial charge in [-0.15, -0.1) is 0 Å². The van der Waals surface area contributed by atoms with Gasteiger partial charge in [0.2, 0.25) is 11.8 Å². The molecule has 2 heterocycles. The van der Waals surface area contributed by atoms with Crippen LogP contribution >= 0.6 is 0 Å². The number of hydrogen-bond donors (Lipinski definition) is 0. The van der Waals surface area contributed by atoms with E-state index in [4.69, 9.17) is 4.74 Å². The van der Waals surface area contributed by atoms with Crippen molar-refractivity contribution < 1.29 is 14.3 Å². The van der Waals surface area contributed by atoms with Gasteiger partial charge in [-0.2, -0.15) is 0 Å². The van der Waals surface area contributed by atoms with Gasteiger partial charge in [0.15, 0.2) is 0 Å². The van der Waals surface area contributed by atoms with Crippen LogP contribution in [0.5, 0.6) is 5.75 Å². The van der Waals surface area contributed by atoms with Gasteiger partial charge in [-0.1, -0.05) is 24.3 Å². The summed E-state index contributed by atoms with van der Waals surface area (Å²) in [5.41, 5.74) is 2.94. The highest BCUT2D eigenvalue weighted by Crippen LogP contribution is 2.28. The molecule has 0 N–H and O–H groups in total. The van der Waals surface area contributed by atoms with Gasteiger partial charge in [-0.05, 0) is 42.3 Å². The molecule has 0 atom stereocenters. The molecule has 0 saturated carbocycles. The fraction of sp³-hybridized carbons (Fsp3) is 0.333. The first-order valence-corrected chi connectivity index (χ1v) is 10.4. The third-order valence-electron chi connectivity index (χ3n) is 5.71. The Morgan fingerprint density at radius 2 is 1.70 bits per heavy atom. The molecule has 2 amide bonds. The Morgan fingerprint density at radius 1 is 0.967 bits per heavy atom. The van der Waals surface area contributed by atoms with Crippen LogP contribution in [0.4, 0.5) is 11.4 Å². The van der Waals surface area contributed by atoms with E-state index in [1.807, 2.05) is 58.3 Å². The highest BCUT2D eigenvalue weighted by atomic mass is 16.5. The van der Waals surface area contributed by atoms with Crippen molar-refractivity contribution in [2.75, 3.05) is 49.6 Å². The van der Waals surface area contributed by atoms with Gasteiger partial charge in [0.1, 0.15) is 5.75 Å². The van der Waals surface area contributed by atoms with Gasteiger partial charge in [-0.25, -0.2) is 0 Å². The normalized spacial score (nSPS) is 17.1. The number of hydrogen-bond acceptors (Lipinski definition) is 4. The van der Waals surface area contributed by atoms with E-state index in [1.165, 1.54) is 0 Å². The zero-order valence-electron chi connectivity index (χ0n) is 17.3. The number of ether oxygens (including phenoxy) is 1. The summed E-state index contributed by atoms with van der Waals surface area (Å²) in [6.45, 7) is 3.69. The minimum atomic E-state index is 0.0217. The molecule has 2 aliphatic heterocycles. The van der Waals surface area contributed by atoms with Crippen LogP contribution < -0.4 is 14.5 Å². The van der Waals surface area contributed by atoms with Crippen molar-refractivity contribution in [2.45, 2.75) is 12.8 Å². The molecular weight excluding hydrogens is 378 g/mol. The number of rotatable bonds is 5. The lowest BCUT2D eigenvalue weighted by Gasteiger charge is -2.36. The van der Waals surface area contributed by atoms with Crippen LogP contribution in [0.1, 0.15) is 18.4 Å². The number of carbonyl (C=O) groups excluding carboxylic acids is 2. The van der Waals surface area contributed by atoms with E-state index in [-0.39, 0.29) is 11.8 Å². The first-order valence-electron chi connectivity index (χ1n) is 10.4. The molecule has 0 spiro atoms. The topological polar surface area (TPSA) is 53.1 Å². The van der Waals surface area contributed by atoms with Crippen molar-refractivity contribution in [3.8, 4) is 5.75 Å². The smallest absolute Gasteiger partial charge is 0.246 e. The van der Waals surface area contributed by atoms with Crippen LogP contribution in [0.3, 0.4) is 0 Å². The molecule has 6 heteroatoms. The average molecular weight is 405 g/mol. The average Bonchev–Trinajstić information content (AvgIpc) is 3.23. The Morgan fingerprint density at radius 3 is 2.37 bits per heavy atom. The van der Waals surface area contributed by atoms with E-state index in [0.717, 1.165) is 48.7 Å². The molecule has 4 rings (SSSR count). The molecule has 0 unspecified atom stereocenters. The van der Waals surface area contributed by atoms with Crippen molar-refractivity contribution in [2.24, 2.45) is 0 Å². The van der Waals surface area contributed by atoms with Gasteiger partial charge in [0, 0.05) is 50.9 Å². The minimum absolute atomic E-state index is 0.0217. The highest BCUT2D eigenvalue weighted by molar-refractivity contribution is 5.95. The molecule has 2 aromatic carbocycles. The van der Waals surface area contributed by atoms with Gasteiger partial charge in [-0.3, -0.25) is 9.59 Å². The number of amides is 2. The highest BCUT2D eigenvalue weighted by Gasteiger charge is 2.22. The molecule has 2 aromatic rings. The van der Waals surface area contributed by atoms with E-state index >= 15 is 0 Å². The second-order valence-electron chi connectivity index (χ2n) is 7.56. The fourth-order valence-corrected chi connectivity index (χ4v) is 4.02. The fourth-order valence-electron chi connectivity index (χ4n) is 4.02. The zero-order valence-corrected chi connectivity index (χ0v) is 17.3. The predicted molar refractivity (Wildman–Crippen MR) is 119 cm³/mol. The number of benzene rings is 2. The third-order valence-corrected chi connectivity index (χ3v) is 5.71. The summed E-state index contributed by atoms with van der Waals surface area (Å²) in [7, 11) is 1.68. The standard InChI is InChI=1S/C24H27N3O3/c1-30-22-6-3-2-5-21(22)25-15-17-26(18-16-25)23(28)13-10-19-8-11-20(12-9-19)27-14-4-7-24(27)29/h2-3,5-6,8-13H,4,7,14-18H2,1H3/b13-10+. The lowest BCUT2D eigenvalue weighted by molar-refractivity contribution is -0.126. The Bertz CT molecular complexity index is 931. The molecule has 2 aliphatic rings. The molecule has 0 aromatic heterocycles. The molecule has 0 radical (unpaired) electrons. The van der Waals surface area contributed by atoms with E-state index in [0.29, 0.717) is 19.5 Å². The Balaban J connectivity index is 1.32. The van der Waals surface area contributed by atoms with Crippen molar-refractivity contribution in [1.82, 2.24) is 4.90 Å². The number of anilines is 2. The number of methoxy groups -OCH3 is 1. The summed E-state index contributed by atoms with van der Waals surface area (Å²) in [5, 5.41) is 0. The van der Waals surface area contributed by atoms with Crippen molar-refractivity contribution in [3.63, 3.8) is 0 Å². The largest absolute Gasteiger partial charge is 0.495 e. The SMILES string of the molecule is COc1ccccc1N1CCN(C(=O)/C=C/c2ccc(N3CCCC3=O)cc2)CC1. The van der Waals surface area contributed by atoms with Crippen LogP contribution in [0.15, 0.2) is 54.6 Å². The van der Waals surface area contributed by atoms with Crippen LogP contribution in [0, 0.1) is 0 Å². The molecule has 0 bridgehead atoms. The van der Waals surface area contributed by atoms with Gasteiger partial charge in [0.05, 0.1) is 12.8 Å². The predicted octanol–water partition coefficient (Wildman–Crippen LogP) is 3.18. The van der Waals surface area contributed by atoms with Crippen LogP contribution in [-0.2, 0) is 9.59 Å². The van der Waals surface area contributed by atoms with Crippen LogP contribution in [-0.4, -0.2) is 56.5 Å². The minimum Gasteiger partial charge on any atom is -0.495 e. The van der Waals surface area contributed by atoms with Crippen molar-refractivity contribution in [3.05, 3.63) is 60.2 Å². The number of piperazine rings is 1. The zero-order chi connectivity index (χ0) is 20.9. The summed E-state index contributed by atoms with van der Waals surface area (Å²) in [6, 6.07) is 15.8. The molecule has 30 heavy (non-hydrogen) atoms. The molecule has 2 fully saturated rings. The second-order valence-corrected chi connectivity index (χ2v) is 7.56. The number of nitrogens with zero attached hydrogens (tertiary/aromatic N) is 3. The Hall–Kier alpha value is -3.28. The van der Waals surface area contributed by atoms with Crippen molar-refractivity contribution >= 4 is 29.3 Å². The van der Waals surface area contributed by atoms with E-state index in [2.05, 4.69) is 11.0 Å². The van der Waals surface area contributed by atoms with Crippen LogP contribution in [0.25, 0.3) is 6.08 Å². The lowest BCUT2D eigenvalue weighted by atomic mass is 10.1. The first-order chi connectivity index (χ1) is 14.7. The maximum absolute atomic E-state index is 12.6. The monoisotopic (exact) mass is 405 g/mol. The number of carbonyl (C=O) groups is 2. The van der Waals surface area contributed by atoms with Crippen LogP contribution in [0.2, 0.25) is 0 Å². The summed E-state index contributed by atoms with van der Waals surface area (Å²) < 4.78 is 5.45. The van der Waals surface area contributed by atoms with Gasteiger partial charge >= 0.3 is 0 Å². The first kappa shape index (κ1) is 20.0.